The normalized spacial score (nSPS) is 24.9. The van der Waals surface area contributed by atoms with Crippen molar-refractivity contribution >= 4 is 5.91 Å². The summed E-state index contributed by atoms with van der Waals surface area (Å²) in [6.45, 7) is 2.83. The smallest absolute Gasteiger partial charge is 0.220 e. The first-order valence-electron chi connectivity index (χ1n) is 31.9. The molecule has 2 aliphatic heterocycles. The van der Waals surface area contributed by atoms with Crippen molar-refractivity contribution in [3.63, 3.8) is 0 Å². The second kappa shape index (κ2) is 48.4. The molecule has 0 aromatic rings. The molecule has 0 aliphatic carbocycles. The van der Waals surface area contributed by atoms with Crippen molar-refractivity contribution in [2.75, 3.05) is 19.8 Å². The van der Waals surface area contributed by atoms with Gasteiger partial charge < -0.3 is 65.1 Å². The fourth-order valence-corrected chi connectivity index (χ4v) is 10.8. The van der Waals surface area contributed by atoms with E-state index in [2.05, 4.69) is 19.2 Å². The number of nitrogens with one attached hydrogen (secondary N) is 1. The summed E-state index contributed by atoms with van der Waals surface area (Å²) in [6.07, 6.45) is 39.9. The molecule has 2 saturated heterocycles. The molecule has 0 spiro atoms. The van der Waals surface area contributed by atoms with Gasteiger partial charge in [-0.05, 0) is 19.3 Å². The molecule has 0 aromatic carbocycles. The Bertz CT molecular complexity index is 1330. The highest BCUT2D eigenvalue weighted by molar-refractivity contribution is 5.76. The fourth-order valence-electron chi connectivity index (χ4n) is 10.8. The second-order valence-electron chi connectivity index (χ2n) is 22.9. The average molecular weight is 1090 g/mol. The number of carbonyl (C=O) groups is 1. The van der Waals surface area contributed by atoms with Crippen LogP contribution in [0, 0.1) is 0 Å². The van der Waals surface area contributed by atoms with Crippen LogP contribution in [0.3, 0.4) is 0 Å². The highest BCUT2D eigenvalue weighted by Gasteiger charge is 2.51. The van der Waals surface area contributed by atoms with Crippen LogP contribution in [0.2, 0.25) is 0 Å². The van der Waals surface area contributed by atoms with Crippen molar-refractivity contribution in [2.45, 2.75) is 357 Å². The van der Waals surface area contributed by atoms with Gasteiger partial charge in [0.1, 0.15) is 48.8 Å². The van der Waals surface area contributed by atoms with E-state index in [1.54, 1.807) is 6.08 Å². The maximum atomic E-state index is 13.2. The highest BCUT2D eigenvalue weighted by atomic mass is 16.7. The molecule has 12 atom stereocenters. The molecule has 14 nitrogen and oxygen atoms in total. The summed E-state index contributed by atoms with van der Waals surface area (Å²) in [6, 6.07) is -0.909. The van der Waals surface area contributed by atoms with E-state index in [-0.39, 0.29) is 18.9 Å². The van der Waals surface area contributed by atoms with Crippen molar-refractivity contribution in [2.24, 2.45) is 0 Å². The quantitative estimate of drug-likeness (QED) is 0.0204. The van der Waals surface area contributed by atoms with Gasteiger partial charge in [-0.1, -0.05) is 270 Å². The molecule has 2 aliphatic rings. The van der Waals surface area contributed by atoms with Gasteiger partial charge in [0.2, 0.25) is 5.91 Å². The van der Waals surface area contributed by atoms with Crippen LogP contribution in [-0.4, -0.2) is 140 Å². The van der Waals surface area contributed by atoms with Gasteiger partial charge in [-0.2, -0.15) is 0 Å². The van der Waals surface area contributed by atoms with Crippen LogP contribution >= 0.6 is 0 Å². The Morgan fingerprint density at radius 1 is 0.461 bits per heavy atom. The molecular weight excluding hydrogens is 967 g/mol. The Hall–Kier alpha value is -1.27. The Morgan fingerprint density at radius 2 is 0.816 bits per heavy atom. The number of hydrogen-bond donors (Lipinski definition) is 9. The summed E-state index contributed by atoms with van der Waals surface area (Å²) < 4.78 is 22.8. The summed E-state index contributed by atoms with van der Waals surface area (Å²) in [7, 11) is 0. The predicted octanol–water partition coefficient (Wildman–Crippen LogP) is 11.5. The lowest BCUT2D eigenvalue weighted by molar-refractivity contribution is -0.359. The molecule has 2 fully saturated rings. The molecule has 0 radical (unpaired) electrons. The summed E-state index contributed by atoms with van der Waals surface area (Å²) >= 11 is 0. The van der Waals surface area contributed by atoms with E-state index in [1.165, 1.54) is 218 Å². The summed E-state index contributed by atoms with van der Waals surface area (Å²) in [5.74, 6) is -0.235. The minimum absolute atomic E-state index is 0.235. The van der Waals surface area contributed by atoms with Crippen LogP contribution in [0.25, 0.3) is 0 Å². The average Bonchev–Trinajstić information content (AvgIpc) is 3.42. The van der Waals surface area contributed by atoms with Crippen LogP contribution in [0.1, 0.15) is 284 Å². The summed E-state index contributed by atoms with van der Waals surface area (Å²) in [4.78, 5) is 13.2. The first-order chi connectivity index (χ1) is 37.1. The topological polar surface area (TPSA) is 228 Å². The third-order valence-corrected chi connectivity index (χ3v) is 16.0. The Kier molecular flexibility index (Phi) is 45.1. The number of rotatable bonds is 52. The van der Waals surface area contributed by atoms with Gasteiger partial charge in [0.25, 0.3) is 0 Å². The zero-order valence-corrected chi connectivity index (χ0v) is 48.5. The Balaban J connectivity index is 1.68. The highest BCUT2D eigenvalue weighted by Crippen LogP contribution is 2.30. The van der Waals surface area contributed by atoms with E-state index in [1.807, 2.05) is 6.08 Å². The van der Waals surface area contributed by atoms with Crippen molar-refractivity contribution in [3.8, 4) is 0 Å². The minimum atomic E-state index is -1.79. The molecule has 1 amide bonds. The van der Waals surface area contributed by atoms with Gasteiger partial charge in [-0.3, -0.25) is 4.79 Å². The van der Waals surface area contributed by atoms with E-state index >= 15 is 0 Å². The van der Waals surface area contributed by atoms with E-state index < -0.39 is 86.8 Å². The third-order valence-electron chi connectivity index (χ3n) is 16.0. The number of carbonyl (C=O) groups excluding carboxylic acids is 1. The Labute approximate surface area is 463 Å². The van der Waals surface area contributed by atoms with E-state index in [0.717, 1.165) is 38.5 Å². The summed E-state index contributed by atoms with van der Waals surface area (Å²) in [5.41, 5.74) is 0. The lowest BCUT2D eigenvalue weighted by atomic mass is 9.97. The number of amides is 1. The molecule has 2 rings (SSSR count). The fraction of sp³-hybridized carbons (Fsp3) is 0.952. The third kappa shape index (κ3) is 33.5. The molecule has 76 heavy (non-hydrogen) atoms. The van der Waals surface area contributed by atoms with Crippen LogP contribution in [0.15, 0.2) is 12.2 Å². The van der Waals surface area contributed by atoms with Crippen molar-refractivity contribution in [3.05, 3.63) is 12.2 Å². The molecular formula is C62H119NO13. The summed E-state index contributed by atoms with van der Waals surface area (Å²) in [5, 5.41) is 87.1. The lowest BCUT2D eigenvalue weighted by Crippen LogP contribution is -2.65. The van der Waals surface area contributed by atoms with Crippen molar-refractivity contribution in [1.82, 2.24) is 5.32 Å². The van der Waals surface area contributed by atoms with Gasteiger partial charge in [0.15, 0.2) is 12.6 Å². The molecule has 450 valence electrons. The maximum absolute atomic E-state index is 13.2. The number of aliphatic hydroxyl groups excluding tert-OH is 8. The van der Waals surface area contributed by atoms with Crippen molar-refractivity contribution < 1.29 is 64.6 Å². The number of hydrogen-bond acceptors (Lipinski definition) is 13. The SMILES string of the molecule is CCCCCCCCCCCCCCCCCCCCCCCCCCCCC/C=C/C(O)C(COC1OC(CO)C(OC2OC(CO)C(O)C(O)C2O)C(O)C1O)NC(=O)CCCCCCCCCCCCCCC. The van der Waals surface area contributed by atoms with Gasteiger partial charge in [0, 0.05) is 6.42 Å². The standard InChI is InChI=1S/C62H119NO13/c1-3-5-7-9-11-13-15-17-18-19-20-21-22-23-24-25-26-27-28-29-30-31-32-34-35-37-39-41-43-45-51(66)50(63-54(67)46-44-42-40-38-36-33-16-14-12-10-8-6-4-2)49-73-61-59(72)57(70)60(53(48-65)75-61)76-62-58(71)56(69)55(68)52(47-64)74-62/h43,45,50-53,55-62,64-66,68-72H,3-42,44,46-49H2,1-2H3,(H,63,67)/b45-43+. The Morgan fingerprint density at radius 3 is 1.21 bits per heavy atom. The van der Waals surface area contributed by atoms with E-state index in [4.69, 9.17) is 18.9 Å². The molecule has 12 unspecified atom stereocenters. The van der Waals surface area contributed by atoms with E-state index in [0.29, 0.717) is 6.42 Å². The molecule has 0 bridgehead atoms. The number of allylic oxidation sites excluding steroid dienone is 1. The van der Waals surface area contributed by atoms with Crippen LogP contribution in [-0.2, 0) is 23.7 Å². The first-order valence-corrected chi connectivity index (χ1v) is 31.9. The zero-order chi connectivity index (χ0) is 55.3. The molecule has 2 heterocycles. The largest absolute Gasteiger partial charge is 0.394 e. The maximum Gasteiger partial charge on any atom is 0.220 e. The van der Waals surface area contributed by atoms with Crippen molar-refractivity contribution in [1.29, 1.82) is 0 Å². The van der Waals surface area contributed by atoms with Gasteiger partial charge >= 0.3 is 0 Å². The van der Waals surface area contributed by atoms with Gasteiger partial charge in [-0.25, -0.2) is 0 Å². The first kappa shape index (κ1) is 70.8. The lowest BCUT2D eigenvalue weighted by Gasteiger charge is -2.46. The minimum Gasteiger partial charge on any atom is -0.394 e. The van der Waals surface area contributed by atoms with Crippen LogP contribution in [0.4, 0.5) is 0 Å². The number of ether oxygens (including phenoxy) is 4. The van der Waals surface area contributed by atoms with E-state index in [9.17, 15) is 45.6 Å². The molecule has 9 N–H and O–H groups in total. The number of aliphatic hydroxyl groups is 8. The second-order valence-corrected chi connectivity index (χ2v) is 22.9. The predicted molar refractivity (Wildman–Crippen MR) is 305 cm³/mol. The molecule has 0 saturated carbocycles. The molecule has 0 aromatic heterocycles. The molecule has 14 heteroatoms. The van der Waals surface area contributed by atoms with Crippen LogP contribution in [0.5, 0.6) is 0 Å². The monoisotopic (exact) mass is 1090 g/mol. The van der Waals surface area contributed by atoms with Gasteiger partial charge in [0.05, 0.1) is 32.0 Å². The van der Waals surface area contributed by atoms with Gasteiger partial charge in [-0.15, -0.1) is 0 Å². The number of unbranched alkanes of at least 4 members (excludes halogenated alkanes) is 39. The zero-order valence-electron chi connectivity index (χ0n) is 48.5. The van der Waals surface area contributed by atoms with Crippen LogP contribution < -0.4 is 5.32 Å².